The Bertz CT molecular complexity index is 1060. The average molecular weight is 432 g/mol. The minimum absolute atomic E-state index is 0.263. The predicted molar refractivity (Wildman–Crippen MR) is 117 cm³/mol. The first-order valence-electron chi connectivity index (χ1n) is 8.94. The van der Waals surface area contributed by atoms with Crippen molar-refractivity contribution in [3.05, 3.63) is 80.8 Å². The summed E-state index contributed by atoms with van der Waals surface area (Å²) in [6.45, 7) is 2.50. The number of carbonyl (C=O) groups excluding carboxylic acids is 1. The molecule has 0 bridgehead atoms. The van der Waals surface area contributed by atoms with Gasteiger partial charge in [0.05, 0.1) is 21.4 Å². The number of urea groups is 1. The van der Waals surface area contributed by atoms with Crippen molar-refractivity contribution in [2.45, 2.75) is 19.9 Å². The van der Waals surface area contributed by atoms with E-state index in [-0.39, 0.29) is 6.03 Å². The van der Waals surface area contributed by atoms with Crippen molar-refractivity contribution in [2.75, 3.05) is 4.90 Å². The van der Waals surface area contributed by atoms with Gasteiger partial charge in [-0.2, -0.15) is 0 Å². The maximum atomic E-state index is 12.8. The Balaban J connectivity index is 1.95. The van der Waals surface area contributed by atoms with E-state index in [4.69, 9.17) is 34.8 Å². The Morgan fingerprint density at radius 3 is 2.21 bits per heavy atom. The second-order valence-corrected chi connectivity index (χ2v) is 7.71. The predicted octanol–water partition coefficient (Wildman–Crippen LogP) is 7.24. The van der Waals surface area contributed by atoms with Crippen LogP contribution in [0.4, 0.5) is 16.2 Å². The Hall–Kier alpha value is -2.20. The number of nitrogens with zero attached hydrogens (tertiary/aromatic N) is 1. The van der Waals surface area contributed by atoms with Crippen molar-refractivity contribution in [3.8, 4) is 11.1 Å². The van der Waals surface area contributed by atoms with Gasteiger partial charge < -0.3 is 5.32 Å². The SMILES string of the molecule is CCc1c(Cl)cccc1-c1cccc2c1CNC(=O)N2c1c(Cl)cccc1Cl. The van der Waals surface area contributed by atoms with Crippen molar-refractivity contribution in [1.29, 1.82) is 0 Å². The summed E-state index contributed by atoms with van der Waals surface area (Å²) < 4.78 is 0. The second-order valence-electron chi connectivity index (χ2n) is 6.49. The molecule has 0 aromatic heterocycles. The summed E-state index contributed by atoms with van der Waals surface area (Å²) in [7, 11) is 0. The topological polar surface area (TPSA) is 32.3 Å². The van der Waals surface area contributed by atoms with E-state index in [0.717, 1.165) is 39.4 Å². The van der Waals surface area contributed by atoms with Gasteiger partial charge in [-0.25, -0.2) is 4.79 Å². The minimum Gasteiger partial charge on any atom is -0.333 e. The van der Waals surface area contributed by atoms with E-state index in [1.54, 1.807) is 23.1 Å². The van der Waals surface area contributed by atoms with Crippen LogP contribution in [0.5, 0.6) is 0 Å². The van der Waals surface area contributed by atoms with E-state index in [2.05, 4.69) is 18.3 Å². The zero-order chi connectivity index (χ0) is 19.8. The third-order valence-electron chi connectivity index (χ3n) is 4.94. The van der Waals surface area contributed by atoms with Gasteiger partial charge >= 0.3 is 6.03 Å². The molecule has 1 aliphatic rings. The molecule has 2 amide bonds. The molecule has 0 saturated carbocycles. The van der Waals surface area contributed by atoms with E-state index in [1.807, 2.05) is 30.3 Å². The fourth-order valence-corrected chi connectivity index (χ4v) is 4.54. The summed E-state index contributed by atoms with van der Waals surface area (Å²) in [4.78, 5) is 14.3. The number of carbonyl (C=O) groups is 1. The molecule has 0 saturated heterocycles. The molecule has 142 valence electrons. The summed E-state index contributed by atoms with van der Waals surface area (Å²) >= 11 is 19.2. The normalized spacial score (nSPS) is 13.3. The molecule has 0 spiro atoms. The number of amides is 2. The fraction of sp³-hybridized carbons (Fsp3) is 0.136. The molecule has 0 radical (unpaired) electrons. The van der Waals surface area contributed by atoms with Gasteiger partial charge in [-0.05, 0) is 47.4 Å². The summed E-state index contributed by atoms with van der Waals surface area (Å²) in [5.41, 5.74) is 5.41. The number of anilines is 2. The second kappa shape index (κ2) is 7.67. The lowest BCUT2D eigenvalue weighted by Crippen LogP contribution is -2.41. The molecule has 1 N–H and O–H groups in total. The molecule has 0 unspecified atom stereocenters. The van der Waals surface area contributed by atoms with E-state index in [0.29, 0.717) is 22.3 Å². The van der Waals surface area contributed by atoms with Gasteiger partial charge in [0.25, 0.3) is 0 Å². The summed E-state index contributed by atoms with van der Waals surface area (Å²) in [5.74, 6) is 0. The van der Waals surface area contributed by atoms with Crippen LogP contribution in [0, 0.1) is 0 Å². The largest absolute Gasteiger partial charge is 0.333 e. The van der Waals surface area contributed by atoms with Crippen LogP contribution < -0.4 is 10.2 Å². The number of benzene rings is 3. The number of para-hydroxylation sites is 1. The fourth-order valence-electron chi connectivity index (χ4n) is 3.67. The third kappa shape index (κ3) is 3.14. The molecule has 28 heavy (non-hydrogen) atoms. The molecule has 0 atom stereocenters. The molecule has 4 rings (SSSR count). The maximum Gasteiger partial charge on any atom is 0.326 e. The highest BCUT2D eigenvalue weighted by molar-refractivity contribution is 6.40. The first-order valence-corrected chi connectivity index (χ1v) is 10.1. The zero-order valence-electron chi connectivity index (χ0n) is 15.1. The number of hydrogen-bond acceptors (Lipinski definition) is 1. The number of halogens is 3. The molecular weight excluding hydrogens is 415 g/mol. The molecule has 1 aliphatic heterocycles. The average Bonchev–Trinajstić information content (AvgIpc) is 2.68. The van der Waals surface area contributed by atoms with Crippen molar-refractivity contribution in [1.82, 2.24) is 5.32 Å². The van der Waals surface area contributed by atoms with Gasteiger partial charge in [0.1, 0.15) is 0 Å². The van der Waals surface area contributed by atoms with Crippen molar-refractivity contribution in [2.24, 2.45) is 0 Å². The van der Waals surface area contributed by atoms with Gasteiger partial charge in [-0.15, -0.1) is 0 Å². The number of hydrogen-bond donors (Lipinski definition) is 1. The lowest BCUT2D eigenvalue weighted by atomic mass is 9.92. The van der Waals surface area contributed by atoms with Crippen LogP contribution in [-0.4, -0.2) is 6.03 Å². The van der Waals surface area contributed by atoms with Gasteiger partial charge in [-0.1, -0.05) is 72.1 Å². The Morgan fingerprint density at radius 2 is 1.50 bits per heavy atom. The van der Waals surface area contributed by atoms with Crippen LogP contribution in [0.1, 0.15) is 18.1 Å². The van der Waals surface area contributed by atoms with Gasteiger partial charge in [0.15, 0.2) is 0 Å². The Morgan fingerprint density at radius 1 is 0.893 bits per heavy atom. The summed E-state index contributed by atoms with van der Waals surface area (Å²) in [5, 5.41) is 4.51. The van der Waals surface area contributed by atoms with Crippen LogP contribution in [0.15, 0.2) is 54.6 Å². The standard InChI is InChI=1S/C22H17Cl3N2O/c1-2-13-14(6-3-8-17(13)23)15-7-4-11-20-16(15)12-26-22(28)27(20)21-18(24)9-5-10-19(21)25/h3-11H,2,12H2,1H3,(H,26,28). The highest BCUT2D eigenvalue weighted by atomic mass is 35.5. The third-order valence-corrected chi connectivity index (χ3v) is 5.90. The number of rotatable bonds is 3. The lowest BCUT2D eigenvalue weighted by molar-refractivity contribution is 0.247. The first kappa shape index (κ1) is 19.1. The molecule has 0 aliphatic carbocycles. The van der Waals surface area contributed by atoms with Crippen molar-refractivity contribution in [3.63, 3.8) is 0 Å². The molecule has 0 fully saturated rings. The molecule has 3 nitrogen and oxygen atoms in total. The van der Waals surface area contributed by atoms with E-state index in [1.165, 1.54) is 0 Å². The Kier molecular flexibility index (Phi) is 5.24. The van der Waals surface area contributed by atoms with E-state index < -0.39 is 0 Å². The molecule has 1 heterocycles. The van der Waals surface area contributed by atoms with Gasteiger partial charge in [0, 0.05) is 17.1 Å². The van der Waals surface area contributed by atoms with E-state index >= 15 is 0 Å². The maximum absolute atomic E-state index is 12.8. The molecule has 3 aromatic rings. The van der Waals surface area contributed by atoms with Crippen LogP contribution in [0.3, 0.4) is 0 Å². The van der Waals surface area contributed by atoms with Crippen LogP contribution in [0.25, 0.3) is 11.1 Å². The lowest BCUT2D eigenvalue weighted by Gasteiger charge is -2.32. The van der Waals surface area contributed by atoms with Gasteiger partial charge in [0.2, 0.25) is 0 Å². The molecule has 6 heteroatoms. The van der Waals surface area contributed by atoms with Gasteiger partial charge in [-0.3, -0.25) is 4.90 Å². The van der Waals surface area contributed by atoms with Crippen LogP contribution in [-0.2, 0) is 13.0 Å². The minimum atomic E-state index is -0.263. The summed E-state index contributed by atoms with van der Waals surface area (Å²) in [6, 6.07) is 16.7. The van der Waals surface area contributed by atoms with Crippen LogP contribution >= 0.6 is 34.8 Å². The first-order chi connectivity index (χ1) is 13.5. The molecular formula is C22H17Cl3N2O. The smallest absolute Gasteiger partial charge is 0.326 e. The van der Waals surface area contributed by atoms with Crippen molar-refractivity contribution < 1.29 is 4.79 Å². The summed E-state index contributed by atoms with van der Waals surface area (Å²) in [6.07, 6.45) is 0.811. The quantitative estimate of drug-likeness (QED) is 0.466. The number of nitrogens with one attached hydrogen (secondary N) is 1. The number of fused-ring (bicyclic) bond motifs is 1. The zero-order valence-corrected chi connectivity index (χ0v) is 17.4. The highest BCUT2D eigenvalue weighted by Gasteiger charge is 2.30. The van der Waals surface area contributed by atoms with Crippen LogP contribution in [0.2, 0.25) is 15.1 Å². The highest BCUT2D eigenvalue weighted by Crippen LogP contribution is 2.43. The van der Waals surface area contributed by atoms with E-state index in [9.17, 15) is 4.79 Å². The molecule has 3 aromatic carbocycles. The monoisotopic (exact) mass is 430 g/mol. The Labute approximate surface area is 178 Å². The van der Waals surface area contributed by atoms with Crippen molar-refractivity contribution >= 4 is 52.2 Å².